The molecule has 0 radical (unpaired) electrons. The van der Waals surface area contributed by atoms with Crippen LogP contribution in [-0.2, 0) is 17.8 Å². The Labute approximate surface area is 171 Å². The van der Waals surface area contributed by atoms with Crippen molar-refractivity contribution in [2.75, 3.05) is 18.2 Å². The maximum absolute atomic E-state index is 12.2. The quantitative estimate of drug-likeness (QED) is 0.568. The Kier molecular flexibility index (Phi) is 6.68. The second-order valence-corrected chi connectivity index (χ2v) is 7.64. The van der Waals surface area contributed by atoms with Gasteiger partial charge < -0.3 is 14.6 Å². The zero-order valence-corrected chi connectivity index (χ0v) is 17.1. The maximum atomic E-state index is 12.2. The number of ether oxygens (including phenoxy) is 1. The molecule has 0 aliphatic carbocycles. The molecule has 0 atom stereocenters. The average molecular weight is 414 g/mol. The topological polar surface area (TPSA) is 92.8 Å². The molecule has 0 spiro atoms. The third-order valence-corrected chi connectivity index (χ3v) is 5.80. The number of carbonyl (C=O) groups excluding carboxylic acids is 1. The lowest BCUT2D eigenvalue weighted by atomic mass is 10.1. The summed E-state index contributed by atoms with van der Waals surface area (Å²) >= 11 is 2.67. The van der Waals surface area contributed by atoms with Crippen LogP contribution in [0.2, 0.25) is 0 Å². The average Bonchev–Trinajstić information content (AvgIpc) is 3.33. The smallest absolute Gasteiger partial charge is 0.235 e. The van der Waals surface area contributed by atoms with Gasteiger partial charge in [0.15, 0.2) is 5.16 Å². The number of rotatable bonds is 8. The van der Waals surface area contributed by atoms with Crippen molar-refractivity contribution in [3.05, 3.63) is 52.7 Å². The normalized spacial score (nSPS) is 10.5. The third-order valence-electron chi connectivity index (χ3n) is 4.00. The first kappa shape index (κ1) is 19.9. The van der Waals surface area contributed by atoms with Crippen LogP contribution >= 0.6 is 23.1 Å². The summed E-state index contributed by atoms with van der Waals surface area (Å²) in [5, 5.41) is 23.4. The summed E-state index contributed by atoms with van der Waals surface area (Å²) in [6.07, 6.45) is 0.651. The summed E-state index contributed by atoms with van der Waals surface area (Å²) in [6.45, 7) is 2.74. The molecule has 1 amide bonds. The minimum absolute atomic E-state index is 0.175. The molecule has 1 aromatic carbocycles. The molecular weight excluding hydrogens is 394 g/mol. The van der Waals surface area contributed by atoms with Gasteiger partial charge in [0.1, 0.15) is 22.6 Å². The van der Waals surface area contributed by atoms with Gasteiger partial charge in [-0.15, -0.1) is 21.5 Å². The Morgan fingerprint density at radius 2 is 2.11 bits per heavy atom. The fourth-order valence-corrected chi connectivity index (χ4v) is 4.16. The third kappa shape index (κ3) is 4.71. The van der Waals surface area contributed by atoms with E-state index in [1.165, 1.54) is 23.1 Å². The number of benzene rings is 1. The second kappa shape index (κ2) is 9.39. The molecule has 0 aliphatic heterocycles. The van der Waals surface area contributed by atoms with Gasteiger partial charge in [0.25, 0.3) is 0 Å². The first-order chi connectivity index (χ1) is 13.6. The summed E-state index contributed by atoms with van der Waals surface area (Å²) in [7, 11) is 1.64. The summed E-state index contributed by atoms with van der Waals surface area (Å²) in [5.74, 6) is 1.68. The molecule has 3 aromatic rings. The second-order valence-electron chi connectivity index (χ2n) is 5.78. The summed E-state index contributed by atoms with van der Waals surface area (Å²) in [5.41, 5.74) is 1.58. The van der Waals surface area contributed by atoms with Crippen molar-refractivity contribution in [3.63, 3.8) is 0 Å². The molecular formula is C19H19N5O2S2. The molecule has 9 heteroatoms. The van der Waals surface area contributed by atoms with Crippen molar-refractivity contribution < 1.29 is 9.53 Å². The Morgan fingerprint density at radius 1 is 1.32 bits per heavy atom. The van der Waals surface area contributed by atoms with Gasteiger partial charge in [-0.05, 0) is 36.1 Å². The zero-order chi connectivity index (χ0) is 19.9. The SMILES string of the molecule is CCn1c(Cc2ccc(OC)cc2)nnc1SCC(=O)Nc1sccc1C#N. The van der Waals surface area contributed by atoms with E-state index in [4.69, 9.17) is 10.00 Å². The number of hydrogen-bond donors (Lipinski definition) is 1. The van der Waals surface area contributed by atoms with Crippen molar-refractivity contribution in [2.24, 2.45) is 0 Å². The molecule has 3 rings (SSSR count). The van der Waals surface area contributed by atoms with E-state index in [0.717, 1.165) is 17.1 Å². The van der Waals surface area contributed by atoms with Gasteiger partial charge in [0.05, 0.1) is 18.4 Å². The highest BCUT2D eigenvalue weighted by molar-refractivity contribution is 7.99. The van der Waals surface area contributed by atoms with Crippen molar-refractivity contribution in [2.45, 2.75) is 25.0 Å². The standard InChI is InChI=1S/C19H19N5O2S2/c1-3-24-16(10-13-4-6-15(26-2)7-5-13)22-23-19(24)28-12-17(25)21-18-14(11-20)8-9-27-18/h4-9H,3,10,12H2,1-2H3,(H,21,25). The predicted molar refractivity (Wildman–Crippen MR) is 110 cm³/mol. The van der Waals surface area contributed by atoms with Crippen molar-refractivity contribution in [1.29, 1.82) is 5.26 Å². The number of aromatic nitrogens is 3. The lowest BCUT2D eigenvalue weighted by Crippen LogP contribution is -2.14. The first-order valence-corrected chi connectivity index (χ1v) is 10.5. The molecule has 1 N–H and O–H groups in total. The van der Waals surface area contributed by atoms with Crippen LogP contribution < -0.4 is 10.1 Å². The van der Waals surface area contributed by atoms with E-state index in [1.54, 1.807) is 18.6 Å². The number of nitrogens with zero attached hydrogens (tertiary/aromatic N) is 4. The van der Waals surface area contributed by atoms with E-state index >= 15 is 0 Å². The van der Waals surface area contributed by atoms with E-state index in [2.05, 4.69) is 21.6 Å². The number of thiophene rings is 1. The fraction of sp³-hybridized carbons (Fsp3) is 0.263. The number of carbonyl (C=O) groups is 1. The lowest BCUT2D eigenvalue weighted by molar-refractivity contribution is -0.113. The van der Waals surface area contributed by atoms with Crippen LogP contribution in [0.4, 0.5) is 5.00 Å². The Balaban J connectivity index is 1.63. The van der Waals surface area contributed by atoms with Gasteiger partial charge in [-0.3, -0.25) is 4.79 Å². The van der Waals surface area contributed by atoms with E-state index in [1.807, 2.05) is 35.8 Å². The van der Waals surface area contributed by atoms with E-state index in [9.17, 15) is 4.79 Å². The fourth-order valence-electron chi connectivity index (χ4n) is 2.59. The Bertz CT molecular complexity index is 989. The summed E-state index contributed by atoms with van der Waals surface area (Å²) in [4.78, 5) is 12.2. The molecule has 0 saturated carbocycles. The Hall–Kier alpha value is -2.83. The van der Waals surface area contributed by atoms with Gasteiger partial charge in [-0.1, -0.05) is 23.9 Å². The molecule has 7 nitrogen and oxygen atoms in total. The van der Waals surface area contributed by atoms with E-state index < -0.39 is 0 Å². The number of amides is 1. The molecule has 144 valence electrons. The first-order valence-electron chi connectivity index (χ1n) is 8.59. The van der Waals surface area contributed by atoms with Gasteiger partial charge in [0, 0.05) is 13.0 Å². The zero-order valence-electron chi connectivity index (χ0n) is 15.5. The number of thioether (sulfide) groups is 1. The molecule has 0 aliphatic rings. The Morgan fingerprint density at radius 3 is 2.79 bits per heavy atom. The van der Waals surface area contributed by atoms with Crippen LogP contribution in [0.1, 0.15) is 23.9 Å². The number of nitriles is 1. The van der Waals surface area contributed by atoms with Gasteiger partial charge in [-0.25, -0.2) is 0 Å². The number of methoxy groups -OCH3 is 1. The highest BCUT2D eigenvalue weighted by Gasteiger charge is 2.15. The maximum Gasteiger partial charge on any atom is 0.235 e. The van der Waals surface area contributed by atoms with E-state index in [0.29, 0.717) is 28.7 Å². The largest absolute Gasteiger partial charge is 0.497 e. The molecule has 0 bridgehead atoms. The monoisotopic (exact) mass is 413 g/mol. The molecule has 2 aromatic heterocycles. The highest BCUT2D eigenvalue weighted by atomic mass is 32.2. The molecule has 0 unspecified atom stereocenters. The summed E-state index contributed by atoms with van der Waals surface area (Å²) in [6, 6.07) is 11.6. The number of nitrogens with one attached hydrogen (secondary N) is 1. The van der Waals surface area contributed by atoms with Crippen LogP contribution in [0.25, 0.3) is 0 Å². The van der Waals surface area contributed by atoms with Gasteiger partial charge in [0.2, 0.25) is 5.91 Å². The predicted octanol–water partition coefficient (Wildman–Crippen LogP) is 3.56. The van der Waals surface area contributed by atoms with Crippen LogP contribution in [0.5, 0.6) is 5.75 Å². The van der Waals surface area contributed by atoms with Crippen molar-refractivity contribution in [1.82, 2.24) is 14.8 Å². The van der Waals surface area contributed by atoms with Crippen molar-refractivity contribution >= 4 is 34.0 Å². The lowest BCUT2D eigenvalue weighted by Gasteiger charge is -2.08. The summed E-state index contributed by atoms with van der Waals surface area (Å²) < 4.78 is 7.19. The van der Waals surface area contributed by atoms with Gasteiger partial charge in [-0.2, -0.15) is 5.26 Å². The van der Waals surface area contributed by atoms with Gasteiger partial charge >= 0.3 is 0 Å². The van der Waals surface area contributed by atoms with Crippen LogP contribution in [-0.4, -0.2) is 33.5 Å². The molecule has 0 saturated heterocycles. The number of anilines is 1. The van der Waals surface area contributed by atoms with Crippen LogP contribution in [0, 0.1) is 11.3 Å². The van der Waals surface area contributed by atoms with Crippen LogP contribution in [0.3, 0.4) is 0 Å². The minimum Gasteiger partial charge on any atom is -0.497 e. The minimum atomic E-state index is -0.175. The van der Waals surface area contributed by atoms with Crippen LogP contribution in [0.15, 0.2) is 40.9 Å². The highest BCUT2D eigenvalue weighted by Crippen LogP contribution is 2.24. The molecule has 0 fully saturated rings. The molecule has 2 heterocycles. The van der Waals surface area contributed by atoms with Crippen molar-refractivity contribution in [3.8, 4) is 11.8 Å². The number of hydrogen-bond acceptors (Lipinski definition) is 7. The molecule has 28 heavy (non-hydrogen) atoms. The van der Waals surface area contributed by atoms with E-state index in [-0.39, 0.29) is 11.7 Å².